The number of anilines is 2. The van der Waals surface area contributed by atoms with Crippen molar-refractivity contribution in [3.05, 3.63) is 36.3 Å². The Kier molecular flexibility index (Phi) is 8.92. The Hall–Kier alpha value is -4.34. The quantitative estimate of drug-likeness (QED) is 0.223. The van der Waals surface area contributed by atoms with Crippen LogP contribution in [0, 0.1) is 5.92 Å². The van der Waals surface area contributed by atoms with E-state index in [0.29, 0.717) is 28.4 Å². The maximum absolute atomic E-state index is 12.1. The van der Waals surface area contributed by atoms with Gasteiger partial charge in [-0.2, -0.15) is 0 Å². The van der Waals surface area contributed by atoms with Gasteiger partial charge in [-0.05, 0) is 30.2 Å². The maximum atomic E-state index is 12.1. The Morgan fingerprint density at radius 2 is 1.53 bits per heavy atom. The Morgan fingerprint density at radius 3 is 2.28 bits per heavy atom. The van der Waals surface area contributed by atoms with E-state index in [9.17, 15) is 9.59 Å². The van der Waals surface area contributed by atoms with Crippen molar-refractivity contribution >= 4 is 45.6 Å². The molecular formula is C32H43N10O5+. The van der Waals surface area contributed by atoms with Crippen molar-refractivity contribution in [2.75, 3.05) is 89.0 Å². The number of furan rings is 2. The third kappa shape index (κ3) is 6.47. The van der Waals surface area contributed by atoms with E-state index in [1.54, 1.807) is 19.2 Å². The number of likely N-dealkylation sites (tertiary alicyclic amines) is 1. The van der Waals surface area contributed by atoms with Crippen LogP contribution in [0.3, 0.4) is 0 Å². The van der Waals surface area contributed by atoms with E-state index in [1.165, 1.54) is 6.33 Å². The fourth-order valence-corrected chi connectivity index (χ4v) is 7.22. The molecule has 0 radical (unpaired) electrons. The molecule has 250 valence electrons. The Bertz CT molecular complexity index is 1740. The van der Waals surface area contributed by atoms with E-state index in [2.05, 4.69) is 34.1 Å². The summed E-state index contributed by atoms with van der Waals surface area (Å²) in [6.45, 7) is 9.72. The molecule has 3 aliphatic heterocycles. The number of hydrogen-bond acceptors (Lipinski definition) is 12. The number of nitrogens with zero attached hydrogens (tertiary/aromatic N) is 8. The largest absolute Gasteiger partial charge is 0.445 e. The third-order valence-electron chi connectivity index (χ3n) is 9.97. The Balaban J connectivity index is 0.964. The van der Waals surface area contributed by atoms with E-state index >= 15 is 0 Å². The molecule has 4 aromatic rings. The fourth-order valence-electron chi connectivity index (χ4n) is 7.22. The molecule has 1 unspecified atom stereocenters. The van der Waals surface area contributed by atoms with Gasteiger partial charge in [0, 0.05) is 97.7 Å². The van der Waals surface area contributed by atoms with Crippen LogP contribution in [0.1, 0.15) is 52.8 Å². The molecule has 0 saturated carbocycles. The van der Waals surface area contributed by atoms with Gasteiger partial charge in [-0.15, -0.1) is 0 Å². The number of carbonyl (C=O) groups is 2. The number of nitrogens with two attached hydrogens (primary N) is 2. The van der Waals surface area contributed by atoms with Gasteiger partial charge in [-0.25, -0.2) is 14.5 Å². The van der Waals surface area contributed by atoms with Gasteiger partial charge in [0.1, 0.15) is 17.9 Å². The van der Waals surface area contributed by atoms with Gasteiger partial charge in [-0.3, -0.25) is 19.4 Å². The molecule has 0 bridgehead atoms. The first kappa shape index (κ1) is 31.3. The molecule has 1 atom stereocenters. The number of fused-ring (bicyclic) bond motifs is 2. The molecule has 47 heavy (non-hydrogen) atoms. The number of primary amides is 2. The average Bonchev–Trinajstić information content (AvgIpc) is 3.85. The van der Waals surface area contributed by atoms with Crippen LogP contribution in [-0.4, -0.2) is 116 Å². The molecule has 7 rings (SSSR count). The number of methoxy groups -OCH3 is 1. The molecule has 0 spiro atoms. The number of hydrogen-bond donors (Lipinski definition) is 2. The molecule has 7 heterocycles. The minimum Gasteiger partial charge on any atom is -0.445 e. The van der Waals surface area contributed by atoms with Crippen molar-refractivity contribution in [2.45, 2.75) is 31.7 Å². The molecule has 0 aliphatic carbocycles. The lowest BCUT2D eigenvalue weighted by Gasteiger charge is -2.35. The SMILES string of the molecule is COCCC1CCN(c2nc[n+](C3CCN(CCN4CCN(c5ncnc6cc(C(N)=O)oc56)CC4)C3)c3cc(C(N)=O)oc23)CC1. The molecule has 15 nitrogen and oxygen atoms in total. The summed E-state index contributed by atoms with van der Waals surface area (Å²) in [5.41, 5.74) is 13.6. The maximum Gasteiger partial charge on any atom is 0.290 e. The summed E-state index contributed by atoms with van der Waals surface area (Å²) < 4.78 is 19.2. The van der Waals surface area contributed by atoms with Gasteiger partial charge in [0.2, 0.25) is 5.58 Å². The van der Waals surface area contributed by atoms with Gasteiger partial charge in [0.05, 0.1) is 0 Å². The zero-order chi connectivity index (χ0) is 32.5. The molecule has 3 aliphatic rings. The smallest absolute Gasteiger partial charge is 0.290 e. The summed E-state index contributed by atoms with van der Waals surface area (Å²) in [7, 11) is 1.75. The molecule has 3 saturated heterocycles. The van der Waals surface area contributed by atoms with Crippen molar-refractivity contribution in [3.8, 4) is 0 Å². The molecule has 3 fully saturated rings. The minimum absolute atomic E-state index is 0.0881. The first-order valence-corrected chi connectivity index (χ1v) is 16.5. The highest BCUT2D eigenvalue weighted by Gasteiger charge is 2.34. The predicted molar refractivity (Wildman–Crippen MR) is 173 cm³/mol. The topological polar surface area (TPSA) is 177 Å². The zero-order valence-corrected chi connectivity index (χ0v) is 26.8. The van der Waals surface area contributed by atoms with Crippen molar-refractivity contribution < 1.29 is 27.7 Å². The summed E-state index contributed by atoms with van der Waals surface area (Å²) in [5, 5.41) is 0. The van der Waals surface area contributed by atoms with E-state index in [1.807, 2.05) is 6.33 Å². The molecule has 15 heteroatoms. The highest BCUT2D eigenvalue weighted by atomic mass is 16.5. The van der Waals surface area contributed by atoms with Crippen LogP contribution in [0.5, 0.6) is 0 Å². The van der Waals surface area contributed by atoms with Crippen molar-refractivity contribution in [2.24, 2.45) is 17.4 Å². The van der Waals surface area contributed by atoms with E-state index in [0.717, 1.165) is 109 Å². The lowest BCUT2D eigenvalue weighted by molar-refractivity contribution is -0.697. The van der Waals surface area contributed by atoms with E-state index < -0.39 is 11.8 Å². The van der Waals surface area contributed by atoms with Crippen LogP contribution in [0.4, 0.5) is 11.6 Å². The second-order valence-electron chi connectivity index (χ2n) is 12.8. The Labute approximate surface area is 272 Å². The second-order valence-corrected chi connectivity index (χ2v) is 12.8. The van der Waals surface area contributed by atoms with E-state index in [4.69, 9.17) is 30.0 Å². The first-order chi connectivity index (χ1) is 22.9. The van der Waals surface area contributed by atoms with Crippen LogP contribution < -0.4 is 25.8 Å². The first-order valence-electron chi connectivity index (χ1n) is 16.5. The van der Waals surface area contributed by atoms with Gasteiger partial charge < -0.3 is 34.8 Å². The van der Waals surface area contributed by atoms with Crippen molar-refractivity contribution in [1.29, 1.82) is 0 Å². The molecule has 4 N–H and O–H groups in total. The number of ether oxygens (including phenoxy) is 1. The number of carbonyl (C=O) groups excluding carboxylic acids is 2. The summed E-state index contributed by atoms with van der Waals surface area (Å²) in [4.78, 5) is 46.7. The average molecular weight is 648 g/mol. The number of rotatable bonds is 11. The highest BCUT2D eigenvalue weighted by molar-refractivity contribution is 5.96. The summed E-state index contributed by atoms with van der Waals surface area (Å²) in [6.07, 6.45) is 7.61. The van der Waals surface area contributed by atoms with Gasteiger partial charge in [0.15, 0.2) is 28.4 Å². The lowest BCUT2D eigenvalue weighted by atomic mass is 9.94. The predicted octanol–water partition coefficient (Wildman–Crippen LogP) is 1.17. The van der Waals surface area contributed by atoms with Crippen molar-refractivity contribution in [1.82, 2.24) is 24.8 Å². The van der Waals surface area contributed by atoms with Crippen LogP contribution in [0.25, 0.3) is 22.2 Å². The number of piperidine rings is 1. The van der Waals surface area contributed by atoms with Crippen molar-refractivity contribution in [3.63, 3.8) is 0 Å². The van der Waals surface area contributed by atoms with Crippen LogP contribution in [-0.2, 0) is 4.74 Å². The number of amides is 2. The minimum atomic E-state index is -0.621. The number of aromatic nitrogens is 4. The summed E-state index contributed by atoms with van der Waals surface area (Å²) >= 11 is 0. The summed E-state index contributed by atoms with van der Waals surface area (Å²) in [5.74, 6) is 1.17. The zero-order valence-electron chi connectivity index (χ0n) is 26.8. The lowest BCUT2D eigenvalue weighted by Crippen LogP contribution is -2.49. The molecular weight excluding hydrogens is 604 g/mol. The van der Waals surface area contributed by atoms with Crippen LogP contribution in [0.15, 0.2) is 33.6 Å². The fraction of sp³-hybridized carbons (Fsp3) is 0.562. The normalized spacial score (nSPS) is 20.1. The Morgan fingerprint density at radius 1 is 0.851 bits per heavy atom. The molecule has 4 aromatic heterocycles. The van der Waals surface area contributed by atoms with Gasteiger partial charge in [-0.1, -0.05) is 0 Å². The van der Waals surface area contributed by atoms with Crippen LogP contribution in [0.2, 0.25) is 0 Å². The third-order valence-corrected chi connectivity index (χ3v) is 9.97. The molecule has 0 aromatic carbocycles. The van der Waals surface area contributed by atoms with Crippen LogP contribution >= 0.6 is 0 Å². The van der Waals surface area contributed by atoms with Gasteiger partial charge in [0.25, 0.3) is 24.0 Å². The standard InChI is InChI=1S/C32H42N10O5/c1-45-15-5-21-2-7-40(8-3-21)32-28-24(17-26(47-28)30(34)44)42(20-37-32)22-4-6-39(18-22)10-9-38-11-13-41(14-12-38)31-27-23(35-19-36-31)16-25(46-27)29(33)43/h16-17,19-22H,2-15,18H2,1H3,(H3-,33,34,43,44)/p+1. The monoisotopic (exact) mass is 647 g/mol. The van der Waals surface area contributed by atoms with E-state index in [-0.39, 0.29) is 17.6 Å². The second kappa shape index (κ2) is 13.4. The van der Waals surface area contributed by atoms with Gasteiger partial charge >= 0.3 is 0 Å². The molecule has 2 amide bonds. The summed E-state index contributed by atoms with van der Waals surface area (Å²) in [6, 6.07) is 3.56. The highest BCUT2D eigenvalue weighted by Crippen LogP contribution is 2.31. The number of piperazine rings is 1.